The predicted octanol–water partition coefficient (Wildman–Crippen LogP) is 1.75. The number of benzene rings is 1. The fourth-order valence-corrected chi connectivity index (χ4v) is 1.12. The molecular weight excluding hydrogens is 169 g/mol. The number of aldehydes is 1. The molecule has 0 fully saturated rings. The zero-order valence-electron chi connectivity index (χ0n) is 7.17. The minimum atomic E-state index is -0.526. The van der Waals surface area contributed by atoms with Crippen molar-refractivity contribution in [2.24, 2.45) is 0 Å². The Labute approximate surface area is 75.6 Å². The number of carbonyl (C=O) groups is 1. The normalized spacial score (nSPS) is 9.31. The van der Waals surface area contributed by atoms with Gasteiger partial charge in [0.05, 0.1) is 5.56 Å². The van der Waals surface area contributed by atoms with Gasteiger partial charge in [0, 0.05) is 6.42 Å². The Morgan fingerprint density at radius 3 is 2.85 bits per heavy atom. The average Bonchev–Trinajstić information content (AvgIpc) is 2.14. The highest BCUT2D eigenvalue weighted by Gasteiger charge is 2.08. The number of hydrogen-bond donors (Lipinski definition) is 0. The largest absolute Gasteiger partial charge is 0.303 e. The Bertz CT molecular complexity index is 379. The van der Waals surface area contributed by atoms with Gasteiger partial charge in [-0.25, -0.2) is 4.39 Å². The molecule has 0 bridgehead atoms. The molecule has 0 radical (unpaired) electrons. The lowest BCUT2D eigenvalue weighted by molar-refractivity contribution is -0.107. The second-order valence-corrected chi connectivity index (χ2v) is 2.69. The van der Waals surface area contributed by atoms with Crippen LogP contribution in [0.3, 0.4) is 0 Å². The van der Waals surface area contributed by atoms with E-state index in [0.29, 0.717) is 17.4 Å². The lowest BCUT2D eigenvalue weighted by Gasteiger charge is -2.03. The molecule has 66 valence electrons. The molecule has 0 saturated heterocycles. The molecule has 0 N–H and O–H groups in total. The summed E-state index contributed by atoms with van der Waals surface area (Å²) in [6.07, 6.45) is 0.905. The van der Waals surface area contributed by atoms with E-state index in [4.69, 9.17) is 5.26 Å². The van der Waals surface area contributed by atoms with Gasteiger partial charge in [0.1, 0.15) is 18.2 Å². The first-order chi connectivity index (χ1) is 6.20. The van der Waals surface area contributed by atoms with Crippen molar-refractivity contribution < 1.29 is 9.18 Å². The van der Waals surface area contributed by atoms with E-state index in [-0.39, 0.29) is 12.0 Å². The molecule has 0 atom stereocenters. The molecule has 0 spiro atoms. The Hall–Kier alpha value is -1.69. The van der Waals surface area contributed by atoms with E-state index in [1.807, 2.05) is 0 Å². The highest BCUT2D eigenvalue weighted by molar-refractivity contribution is 5.57. The molecule has 0 aliphatic carbocycles. The van der Waals surface area contributed by atoms with E-state index >= 15 is 0 Å². The minimum Gasteiger partial charge on any atom is -0.303 e. The first-order valence-corrected chi connectivity index (χ1v) is 3.82. The highest BCUT2D eigenvalue weighted by Crippen LogP contribution is 2.16. The van der Waals surface area contributed by atoms with Gasteiger partial charge in [-0.05, 0) is 24.1 Å². The minimum absolute atomic E-state index is 0.0205. The van der Waals surface area contributed by atoms with E-state index < -0.39 is 5.82 Å². The van der Waals surface area contributed by atoms with Crippen LogP contribution in [0.1, 0.15) is 16.7 Å². The summed E-state index contributed by atoms with van der Waals surface area (Å²) in [5.74, 6) is -0.526. The van der Waals surface area contributed by atoms with Crippen molar-refractivity contribution in [1.82, 2.24) is 0 Å². The summed E-state index contributed by atoms with van der Waals surface area (Å²) in [5, 5.41) is 8.50. The molecule has 0 unspecified atom stereocenters. The monoisotopic (exact) mass is 177 g/mol. The molecule has 3 heteroatoms. The van der Waals surface area contributed by atoms with Crippen LogP contribution >= 0.6 is 0 Å². The Kier molecular flexibility index (Phi) is 2.76. The first-order valence-electron chi connectivity index (χ1n) is 3.82. The Morgan fingerprint density at radius 2 is 2.31 bits per heavy atom. The smallest absolute Gasteiger partial charge is 0.144 e. The van der Waals surface area contributed by atoms with Gasteiger partial charge < -0.3 is 4.79 Å². The van der Waals surface area contributed by atoms with Gasteiger partial charge in [0.2, 0.25) is 0 Å². The molecule has 1 rings (SSSR count). The summed E-state index contributed by atoms with van der Waals surface area (Å²) >= 11 is 0. The third-order valence-corrected chi connectivity index (χ3v) is 1.92. The molecule has 1 aromatic rings. The predicted molar refractivity (Wildman–Crippen MR) is 45.6 cm³/mol. The van der Waals surface area contributed by atoms with Crippen molar-refractivity contribution in [3.8, 4) is 6.07 Å². The van der Waals surface area contributed by atoms with Crippen LogP contribution < -0.4 is 0 Å². The van der Waals surface area contributed by atoms with Crippen LogP contribution in [0.5, 0.6) is 0 Å². The maximum absolute atomic E-state index is 13.2. The average molecular weight is 177 g/mol. The fraction of sp³-hybridized carbons (Fsp3) is 0.200. The van der Waals surface area contributed by atoms with Crippen LogP contribution in [0.2, 0.25) is 0 Å². The zero-order chi connectivity index (χ0) is 9.84. The number of hydrogen-bond acceptors (Lipinski definition) is 2. The molecule has 0 heterocycles. The number of carbonyl (C=O) groups excluding carboxylic acids is 1. The molecule has 0 saturated carbocycles. The molecule has 13 heavy (non-hydrogen) atoms. The highest BCUT2D eigenvalue weighted by atomic mass is 19.1. The van der Waals surface area contributed by atoms with Gasteiger partial charge in [-0.1, -0.05) is 6.07 Å². The summed E-state index contributed by atoms with van der Waals surface area (Å²) in [6.45, 7) is 1.56. The van der Waals surface area contributed by atoms with E-state index in [0.717, 1.165) is 0 Å². The summed E-state index contributed by atoms with van der Waals surface area (Å²) < 4.78 is 13.2. The fourth-order valence-electron chi connectivity index (χ4n) is 1.12. The van der Waals surface area contributed by atoms with Crippen molar-refractivity contribution in [1.29, 1.82) is 5.26 Å². The second kappa shape index (κ2) is 3.81. The number of halogens is 1. The van der Waals surface area contributed by atoms with Gasteiger partial charge >= 0.3 is 0 Å². The van der Waals surface area contributed by atoms with Crippen LogP contribution in [0, 0.1) is 24.1 Å². The number of rotatable bonds is 2. The standard InChI is InChI=1S/C10H8FNO/c1-7-8(4-5-13)2-3-9(6-12)10(7)11/h2-3,5H,4H2,1H3. The van der Waals surface area contributed by atoms with E-state index in [1.54, 1.807) is 19.1 Å². The maximum Gasteiger partial charge on any atom is 0.144 e. The summed E-state index contributed by atoms with van der Waals surface area (Å²) in [6, 6.07) is 4.73. The van der Waals surface area contributed by atoms with Crippen molar-refractivity contribution in [2.45, 2.75) is 13.3 Å². The molecule has 2 nitrogen and oxygen atoms in total. The Balaban J connectivity index is 3.24. The van der Waals surface area contributed by atoms with E-state index in [9.17, 15) is 9.18 Å². The van der Waals surface area contributed by atoms with Gasteiger partial charge in [-0.2, -0.15) is 5.26 Å². The Morgan fingerprint density at radius 1 is 1.62 bits per heavy atom. The van der Waals surface area contributed by atoms with Crippen LogP contribution in [0.4, 0.5) is 4.39 Å². The summed E-state index contributed by atoms with van der Waals surface area (Å²) in [4.78, 5) is 10.2. The van der Waals surface area contributed by atoms with Crippen LogP contribution in [-0.2, 0) is 11.2 Å². The van der Waals surface area contributed by atoms with Gasteiger partial charge in [0.15, 0.2) is 0 Å². The number of nitriles is 1. The SMILES string of the molecule is Cc1c(CC=O)ccc(C#N)c1F. The zero-order valence-corrected chi connectivity index (χ0v) is 7.17. The summed E-state index contributed by atoms with van der Waals surface area (Å²) in [7, 11) is 0. The molecule has 0 aliphatic rings. The maximum atomic E-state index is 13.2. The van der Waals surface area contributed by atoms with Crippen LogP contribution in [0.25, 0.3) is 0 Å². The summed E-state index contributed by atoms with van der Waals surface area (Å²) in [5.41, 5.74) is 1.03. The van der Waals surface area contributed by atoms with Crippen molar-refractivity contribution in [3.05, 3.63) is 34.6 Å². The lowest BCUT2D eigenvalue weighted by atomic mass is 10.0. The third-order valence-electron chi connectivity index (χ3n) is 1.92. The van der Waals surface area contributed by atoms with E-state index in [1.165, 1.54) is 6.07 Å². The van der Waals surface area contributed by atoms with Gasteiger partial charge in [-0.15, -0.1) is 0 Å². The van der Waals surface area contributed by atoms with Gasteiger partial charge in [-0.3, -0.25) is 0 Å². The molecule has 0 amide bonds. The third kappa shape index (κ3) is 1.73. The topological polar surface area (TPSA) is 40.9 Å². The van der Waals surface area contributed by atoms with Crippen LogP contribution in [0.15, 0.2) is 12.1 Å². The van der Waals surface area contributed by atoms with E-state index in [2.05, 4.69) is 0 Å². The quantitative estimate of drug-likeness (QED) is 0.645. The first kappa shape index (κ1) is 9.40. The van der Waals surface area contributed by atoms with Crippen molar-refractivity contribution >= 4 is 6.29 Å². The van der Waals surface area contributed by atoms with Crippen molar-refractivity contribution in [3.63, 3.8) is 0 Å². The lowest BCUT2D eigenvalue weighted by Crippen LogP contribution is -1.96. The molecular formula is C10H8FNO. The second-order valence-electron chi connectivity index (χ2n) is 2.69. The molecule has 0 aliphatic heterocycles. The van der Waals surface area contributed by atoms with Crippen molar-refractivity contribution in [2.75, 3.05) is 0 Å². The van der Waals surface area contributed by atoms with Gasteiger partial charge in [0.25, 0.3) is 0 Å². The number of nitrogens with zero attached hydrogens (tertiary/aromatic N) is 1. The van der Waals surface area contributed by atoms with Crippen LogP contribution in [-0.4, -0.2) is 6.29 Å². The molecule has 1 aromatic carbocycles. The molecule has 0 aromatic heterocycles.